The molecule has 0 unspecified atom stereocenters. The van der Waals surface area contributed by atoms with E-state index in [0.29, 0.717) is 12.2 Å². The van der Waals surface area contributed by atoms with Crippen LogP contribution in [-0.2, 0) is 0 Å². The van der Waals surface area contributed by atoms with Gasteiger partial charge in [-0.25, -0.2) is 0 Å². The number of anilines is 1. The number of carbonyl (C=O) groups excluding carboxylic acids is 1. The summed E-state index contributed by atoms with van der Waals surface area (Å²) in [4.78, 5) is 14.2. The first-order chi connectivity index (χ1) is 7.75. The standard InChI is InChI=1S/C13H18N2O/c14-12-6-4-5-11(9-12)13(16)10-15-7-2-1-3-8-15/h4-6,9H,1-3,7-8,10,14H2. The minimum absolute atomic E-state index is 0.175. The molecule has 0 saturated carbocycles. The van der Waals surface area contributed by atoms with Crippen molar-refractivity contribution >= 4 is 11.5 Å². The Morgan fingerprint density at radius 3 is 2.69 bits per heavy atom. The zero-order valence-electron chi connectivity index (χ0n) is 9.48. The highest BCUT2D eigenvalue weighted by atomic mass is 16.1. The first kappa shape index (κ1) is 11.1. The van der Waals surface area contributed by atoms with Gasteiger partial charge < -0.3 is 5.73 Å². The quantitative estimate of drug-likeness (QED) is 0.623. The second kappa shape index (κ2) is 5.12. The highest BCUT2D eigenvalue weighted by molar-refractivity contribution is 5.98. The lowest BCUT2D eigenvalue weighted by Gasteiger charge is -2.25. The van der Waals surface area contributed by atoms with Crippen LogP contribution in [0.2, 0.25) is 0 Å². The van der Waals surface area contributed by atoms with Gasteiger partial charge in [0.2, 0.25) is 0 Å². The van der Waals surface area contributed by atoms with Gasteiger partial charge in [0, 0.05) is 11.3 Å². The number of nitrogens with zero attached hydrogens (tertiary/aromatic N) is 1. The van der Waals surface area contributed by atoms with Crippen molar-refractivity contribution in [2.45, 2.75) is 19.3 Å². The third-order valence-electron chi connectivity index (χ3n) is 3.02. The van der Waals surface area contributed by atoms with Crippen LogP contribution in [0.4, 0.5) is 5.69 Å². The zero-order valence-corrected chi connectivity index (χ0v) is 9.48. The average Bonchev–Trinajstić information content (AvgIpc) is 2.30. The summed E-state index contributed by atoms with van der Waals surface area (Å²) < 4.78 is 0. The molecule has 1 saturated heterocycles. The molecule has 1 fully saturated rings. The van der Waals surface area contributed by atoms with Crippen molar-refractivity contribution in [3.8, 4) is 0 Å². The number of nitrogens with two attached hydrogens (primary N) is 1. The maximum atomic E-state index is 12.0. The van der Waals surface area contributed by atoms with Crippen LogP contribution in [0.25, 0.3) is 0 Å². The lowest BCUT2D eigenvalue weighted by Crippen LogP contribution is -2.34. The Balaban J connectivity index is 1.97. The van der Waals surface area contributed by atoms with Crippen molar-refractivity contribution < 1.29 is 4.79 Å². The number of piperidine rings is 1. The molecule has 0 spiro atoms. The van der Waals surface area contributed by atoms with Gasteiger partial charge in [-0.15, -0.1) is 0 Å². The third kappa shape index (κ3) is 2.83. The molecule has 0 amide bonds. The molecule has 86 valence electrons. The smallest absolute Gasteiger partial charge is 0.176 e. The molecule has 1 aromatic rings. The Kier molecular flexibility index (Phi) is 3.57. The van der Waals surface area contributed by atoms with Gasteiger partial charge in [0.1, 0.15) is 0 Å². The molecular weight excluding hydrogens is 200 g/mol. The molecule has 1 heterocycles. The van der Waals surface area contributed by atoms with Gasteiger partial charge in [0.25, 0.3) is 0 Å². The van der Waals surface area contributed by atoms with Crippen LogP contribution in [-0.4, -0.2) is 30.3 Å². The van der Waals surface area contributed by atoms with E-state index in [4.69, 9.17) is 5.73 Å². The predicted octanol–water partition coefficient (Wildman–Crippen LogP) is 1.94. The average molecular weight is 218 g/mol. The van der Waals surface area contributed by atoms with Crippen molar-refractivity contribution in [1.29, 1.82) is 0 Å². The third-order valence-corrected chi connectivity index (χ3v) is 3.02. The van der Waals surface area contributed by atoms with Crippen LogP contribution in [0, 0.1) is 0 Å². The summed E-state index contributed by atoms with van der Waals surface area (Å²) in [5.74, 6) is 0.175. The largest absolute Gasteiger partial charge is 0.399 e. The van der Waals surface area contributed by atoms with Crippen LogP contribution in [0.1, 0.15) is 29.6 Å². The van der Waals surface area contributed by atoms with E-state index in [1.807, 2.05) is 12.1 Å². The highest BCUT2D eigenvalue weighted by Gasteiger charge is 2.14. The number of benzene rings is 1. The number of hydrogen-bond donors (Lipinski definition) is 1. The van der Waals surface area contributed by atoms with Crippen molar-refractivity contribution in [2.24, 2.45) is 0 Å². The molecule has 16 heavy (non-hydrogen) atoms. The van der Waals surface area contributed by atoms with E-state index in [9.17, 15) is 4.79 Å². The Hall–Kier alpha value is -1.35. The molecule has 3 heteroatoms. The SMILES string of the molecule is Nc1cccc(C(=O)CN2CCCCC2)c1. The highest BCUT2D eigenvalue weighted by Crippen LogP contribution is 2.11. The van der Waals surface area contributed by atoms with Gasteiger partial charge in [-0.05, 0) is 38.1 Å². The summed E-state index contributed by atoms with van der Waals surface area (Å²) >= 11 is 0. The van der Waals surface area contributed by atoms with Gasteiger partial charge in [0.05, 0.1) is 6.54 Å². The molecule has 1 aromatic carbocycles. The number of likely N-dealkylation sites (tertiary alicyclic amines) is 1. The second-order valence-electron chi connectivity index (χ2n) is 4.39. The van der Waals surface area contributed by atoms with Crippen molar-refractivity contribution in [3.05, 3.63) is 29.8 Å². The van der Waals surface area contributed by atoms with Crippen LogP contribution in [0.15, 0.2) is 24.3 Å². The van der Waals surface area contributed by atoms with E-state index in [-0.39, 0.29) is 5.78 Å². The lowest BCUT2D eigenvalue weighted by atomic mass is 10.1. The van der Waals surface area contributed by atoms with Gasteiger partial charge in [0.15, 0.2) is 5.78 Å². The van der Waals surface area contributed by atoms with E-state index in [1.165, 1.54) is 19.3 Å². The Morgan fingerprint density at radius 2 is 2.00 bits per heavy atom. The van der Waals surface area contributed by atoms with E-state index >= 15 is 0 Å². The molecule has 0 atom stereocenters. The molecule has 0 aromatic heterocycles. The molecule has 0 aliphatic carbocycles. The zero-order chi connectivity index (χ0) is 11.4. The first-order valence-electron chi connectivity index (χ1n) is 5.87. The lowest BCUT2D eigenvalue weighted by molar-refractivity contribution is 0.0916. The monoisotopic (exact) mass is 218 g/mol. The Labute approximate surface area is 96.2 Å². The van der Waals surface area contributed by atoms with Crippen molar-refractivity contribution in [2.75, 3.05) is 25.4 Å². The fourth-order valence-corrected chi connectivity index (χ4v) is 2.12. The molecule has 1 aliphatic rings. The van der Waals surface area contributed by atoms with Crippen LogP contribution in [0.5, 0.6) is 0 Å². The molecule has 1 aliphatic heterocycles. The molecular formula is C13H18N2O. The summed E-state index contributed by atoms with van der Waals surface area (Å²) in [7, 11) is 0. The Bertz CT molecular complexity index is 370. The number of rotatable bonds is 3. The normalized spacial score (nSPS) is 17.2. The first-order valence-corrected chi connectivity index (χ1v) is 5.87. The number of hydrogen-bond acceptors (Lipinski definition) is 3. The van der Waals surface area contributed by atoms with E-state index in [0.717, 1.165) is 18.7 Å². The molecule has 2 rings (SSSR count). The maximum absolute atomic E-state index is 12.0. The minimum Gasteiger partial charge on any atom is -0.399 e. The Morgan fingerprint density at radius 1 is 1.25 bits per heavy atom. The van der Waals surface area contributed by atoms with Crippen molar-refractivity contribution in [1.82, 2.24) is 4.90 Å². The molecule has 3 nitrogen and oxygen atoms in total. The summed E-state index contributed by atoms with van der Waals surface area (Å²) in [5, 5.41) is 0. The number of Topliss-reactive ketones (excluding diaryl/α,β-unsaturated/α-hetero) is 1. The van der Waals surface area contributed by atoms with E-state index in [2.05, 4.69) is 4.90 Å². The number of carbonyl (C=O) groups is 1. The summed E-state index contributed by atoms with van der Waals surface area (Å²) in [5.41, 5.74) is 7.05. The summed E-state index contributed by atoms with van der Waals surface area (Å²) in [6.45, 7) is 2.63. The topological polar surface area (TPSA) is 46.3 Å². The van der Waals surface area contributed by atoms with Crippen LogP contribution >= 0.6 is 0 Å². The summed E-state index contributed by atoms with van der Waals surface area (Å²) in [6.07, 6.45) is 3.72. The van der Waals surface area contributed by atoms with Gasteiger partial charge in [-0.1, -0.05) is 18.6 Å². The molecule has 2 N–H and O–H groups in total. The van der Waals surface area contributed by atoms with E-state index < -0.39 is 0 Å². The van der Waals surface area contributed by atoms with Gasteiger partial charge in [-0.2, -0.15) is 0 Å². The molecule has 0 bridgehead atoms. The van der Waals surface area contributed by atoms with Gasteiger partial charge >= 0.3 is 0 Å². The fourth-order valence-electron chi connectivity index (χ4n) is 2.12. The van der Waals surface area contributed by atoms with E-state index in [1.54, 1.807) is 12.1 Å². The second-order valence-corrected chi connectivity index (χ2v) is 4.39. The predicted molar refractivity (Wildman–Crippen MR) is 65.5 cm³/mol. The fraction of sp³-hybridized carbons (Fsp3) is 0.462. The molecule has 0 radical (unpaired) electrons. The van der Waals surface area contributed by atoms with Gasteiger partial charge in [-0.3, -0.25) is 9.69 Å². The van der Waals surface area contributed by atoms with Crippen LogP contribution < -0.4 is 5.73 Å². The van der Waals surface area contributed by atoms with Crippen molar-refractivity contribution in [3.63, 3.8) is 0 Å². The van der Waals surface area contributed by atoms with Crippen LogP contribution in [0.3, 0.4) is 0 Å². The number of nitrogen functional groups attached to an aromatic ring is 1. The maximum Gasteiger partial charge on any atom is 0.176 e. The summed E-state index contributed by atoms with van der Waals surface area (Å²) in [6, 6.07) is 7.23. The minimum atomic E-state index is 0.175. The number of ketones is 1.